The van der Waals surface area contributed by atoms with E-state index in [1.54, 1.807) is 25.3 Å². The lowest BCUT2D eigenvalue weighted by Gasteiger charge is -2.04. The van der Waals surface area contributed by atoms with Gasteiger partial charge in [-0.15, -0.1) is 0 Å². The van der Waals surface area contributed by atoms with Crippen molar-refractivity contribution in [2.75, 3.05) is 12.4 Å². The maximum absolute atomic E-state index is 13.0. The van der Waals surface area contributed by atoms with E-state index in [0.29, 0.717) is 34.0 Å². The lowest BCUT2D eigenvalue weighted by Crippen LogP contribution is -2.11. The Labute approximate surface area is 154 Å². The first kappa shape index (κ1) is 16.8. The zero-order chi connectivity index (χ0) is 18.8. The summed E-state index contributed by atoms with van der Waals surface area (Å²) in [4.78, 5) is 16.8. The Morgan fingerprint density at radius 2 is 1.89 bits per heavy atom. The zero-order valence-electron chi connectivity index (χ0n) is 14.4. The van der Waals surface area contributed by atoms with Gasteiger partial charge < -0.3 is 14.5 Å². The smallest absolute Gasteiger partial charge is 0.255 e. The number of methoxy groups -OCH3 is 1. The maximum Gasteiger partial charge on any atom is 0.255 e. The number of anilines is 1. The van der Waals surface area contributed by atoms with Gasteiger partial charge in [-0.3, -0.25) is 4.79 Å². The van der Waals surface area contributed by atoms with Gasteiger partial charge in [-0.2, -0.15) is 0 Å². The third-order valence-electron chi connectivity index (χ3n) is 4.07. The van der Waals surface area contributed by atoms with Crippen LogP contribution in [0.4, 0.5) is 10.1 Å². The zero-order valence-corrected chi connectivity index (χ0v) is 14.4. The summed E-state index contributed by atoms with van der Waals surface area (Å²) in [6.45, 7) is 0. The van der Waals surface area contributed by atoms with Crippen LogP contribution in [0.2, 0.25) is 0 Å². The van der Waals surface area contributed by atoms with Gasteiger partial charge in [0.15, 0.2) is 5.58 Å². The number of nitrogens with zero attached hydrogens (tertiary/aromatic N) is 1. The molecule has 0 unspecified atom stereocenters. The van der Waals surface area contributed by atoms with Crippen molar-refractivity contribution in [3.63, 3.8) is 0 Å². The van der Waals surface area contributed by atoms with Gasteiger partial charge in [0.25, 0.3) is 5.91 Å². The first-order chi connectivity index (χ1) is 13.1. The summed E-state index contributed by atoms with van der Waals surface area (Å²) in [7, 11) is 1.60. The second-order valence-corrected chi connectivity index (χ2v) is 5.89. The molecule has 0 atom stereocenters. The van der Waals surface area contributed by atoms with E-state index in [4.69, 9.17) is 9.15 Å². The second kappa shape index (κ2) is 6.92. The van der Waals surface area contributed by atoms with Gasteiger partial charge in [0.2, 0.25) is 5.89 Å². The highest BCUT2D eigenvalue weighted by Crippen LogP contribution is 2.28. The molecule has 4 aromatic rings. The van der Waals surface area contributed by atoms with Gasteiger partial charge in [0.05, 0.1) is 7.11 Å². The highest BCUT2D eigenvalue weighted by Gasteiger charge is 2.11. The molecule has 0 spiro atoms. The Bertz CT molecular complexity index is 1120. The van der Waals surface area contributed by atoms with E-state index in [0.717, 1.165) is 5.56 Å². The quantitative estimate of drug-likeness (QED) is 0.561. The van der Waals surface area contributed by atoms with E-state index in [9.17, 15) is 9.18 Å². The molecular weight excluding hydrogens is 347 g/mol. The molecule has 4 rings (SSSR count). The average Bonchev–Trinajstić information content (AvgIpc) is 3.12. The third kappa shape index (κ3) is 3.50. The minimum atomic E-state index is -0.388. The van der Waals surface area contributed by atoms with E-state index in [1.807, 2.05) is 24.3 Å². The number of halogens is 1. The Morgan fingerprint density at radius 3 is 2.67 bits per heavy atom. The number of carbonyl (C=O) groups excluding carboxylic acids is 1. The van der Waals surface area contributed by atoms with E-state index >= 15 is 0 Å². The molecule has 1 N–H and O–H groups in total. The molecule has 1 heterocycles. The summed E-state index contributed by atoms with van der Waals surface area (Å²) in [5, 5.41) is 2.77. The number of fused-ring (bicyclic) bond motifs is 1. The highest BCUT2D eigenvalue weighted by atomic mass is 19.1. The van der Waals surface area contributed by atoms with E-state index in [-0.39, 0.29) is 11.7 Å². The minimum Gasteiger partial charge on any atom is -0.497 e. The number of hydrogen-bond acceptors (Lipinski definition) is 4. The number of ether oxygens (including phenoxy) is 1. The van der Waals surface area contributed by atoms with Crippen LogP contribution >= 0.6 is 0 Å². The number of aromatic nitrogens is 1. The first-order valence-electron chi connectivity index (χ1n) is 8.24. The van der Waals surface area contributed by atoms with Crippen LogP contribution in [-0.4, -0.2) is 18.0 Å². The molecule has 0 radical (unpaired) electrons. The molecule has 1 aromatic heterocycles. The summed E-state index contributed by atoms with van der Waals surface area (Å²) in [5.41, 5.74) is 2.95. The van der Waals surface area contributed by atoms with Gasteiger partial charge in [-0.25, -0.2) is 9.37 Å². The predicted molar refractivity (Wildman–Crippen MR) is 100 cm³/mol. The number of oxazole rings is 1. The van der Waals surface area contributed by atoms with Crippen molar-refractivity contribution in [3.05, 3.63) is 78.1 Å². The van der Waals surface area contributed by atoms with Crippen LogP contribution in [-0.2, 0) is 0 Å². The van der Waals surface area contributed by atoms with Crippen LogP contribution < -0.4 is 10.1 Å². The van der Waals surface area contributed by atoms with Gasteiger partial charge in [0.1, 0.15) is 17.1 Å². The number of rotatable bonds is 4. The summed E-state index contributed by atoms with van der Waals surface area (Å²) < 4.78 is 24.0. The topological polar surface area (TPSA) is 64.4 Å². The van der Waals surface area contributed by atoms with Crippen molar-refractivity contribution in [3.8, 4) is 17.2 Å². The van der Waals surface area contributed by atoms with Crippen molar-refractivity contribution in [2.24, 2.45) is 0 Å². The van der Waals surface area contributed by atoms with Gasteiger partial charge >= 0.3 is 0 Å². The van der Waals surface area contributed by atoms with Crippen LogP contribution in [0.5, 0.6) is 5.75 Å². The van der Waals surface area contributed by atoms with Crippen molar-refractivity contribution in [2.45, 2.75) is 0 Å². The molecular formula is C21H15FN2O3. The fraction of sp³-hybridized carbons (Fsp3) is 0.0476. The number of hydrogen-bond donors (Lipinski definition) is 1. The first-order valence-corrected chi connectivity index (χ1v) is 8.24. The van der Waals surface area contributed by atoms with Gasteiger partial charge in [-0.05, 0) is 60.7 Å². The van der Waals surface area contributed by atoms with Gasteiger partial charge in [-0.1, -0.05) is 6.07 Å². The number of benzene rings is 3. The largest absolute Gasteiger partial charge is 0.497 e. The molecule has 0 aliphatic heterocycles. The van der Waals surface area contributed by atoms with Crippen molar-refractivity contribution in [1.29, 1.82) is 0 Å². The second-order valence-electron chi connectivity index (χ2n) is 5.89. The summed E-state index contributed by atoms with van der Waals surface area (Å²) in [6.07, 6.45) is 0. The van der Waals surface area contributed by atoms with Crippen molar-refractivity contribution in [1.82, 2.24) is 4.98 Å². The summed E-state index contributed by atoms with van der Waals surface area (Å²) in [5.74, 6) is 0.458. The molecule has 1 amide bonds. The molecule has 0 fully saturated rings. The SMILES string of the molecule is COc1cccc(-c2nc3cc(NC(=O)c4ccc(F)cc4)ccc3o2)c1. The predicted octanol–water partition coefficient (Wildman–Crippen LogP) is 4.89. The van der Waals surface area contributed by atoms with Crippen LogP contribution in [0.3, 0.4) is 0 Å². The minimum absolute atomic E-state index is 0.328. The van der Waals surface area contributed by atoms with E-state index in [2.05, 4.69) is 10.3 Å². The fourth-order valence-electron chi connectivity index (χ4n) is 2.69. The molecule has 134 valence electrons. The Morgan fingerprint density at radius 1 is 1.07 bits per heavy atom. The highest BCUT2D eigenvalue weighted by molar-refractivity contribution is 6.04. The number of nitrogens with one attached hydrogen (secondary N) is 1. The van der Waals surface area contributed by atoms with Crippen LogP contribution in [0.15, 0.2) is 71.1 Å². The Balaban J connectivity index is 1.60. The Hall–Kier alpha value is -3.67. The van der Waals surface area contributed by atoms with Crippen molar-refractivity contribution >= 4 is 22.7 Å². The molecule has 3 aromatic carbocycles. The fourth-order valence-corrected chi connectivity index (χ4v) is 2.69. The van der Waals surface area contributed by atoms with Gasteiger partial charge in [0, 0.05) is 16.8 Å². The van der Waals surface area contributed by atoms with Crippen LogP contribution in [0.25, 0.3) is 22.6 Å². The molecule has 0 bridgehead atoms. The normalized spacial score (nSPS) is 10.7. The molecule has 0 aliphatic carbocycles. The maximum atomic E-state index is 13.0. The summed E-state index contributed by atoms with van der Waals surface area (Å²) >= 11 is 0. The van der Waals surface area contributed by atoms with E-state index < -0.39 is 0 Å². The van der Waals surface area contributed by atoms with Crippen molar-refractivity contribution < 1.29 is 18.3 Å². The molecule has 0 aliphatic rings. The van der Waals surface area contributed by atoms with Crippen LogP contribution in [0.1, 0.15) is 10.4 Å². The third-order valence-corrected chi connectivity index (χ3v) is 4.07. The average molecular weight is 362 g/mol. The Kier molecular flexibility index (Phi) is 4.30. The van der Waals surface area contributed by atoms with E-state index in [1.165, 1.54) is 24.3 Å². The lowest BCUT2D eigenvalue weighted by atomic mass is 10.2. The molecule has 0 saturated heterocycles. The standard InChI is InChI=1S/C21H15FN2O3/c1-26-17-4-2-3-14(11-17)21-24-18-12-16(9-10-19(18)27-21)23-20(25)13-5-7-15(22)8-6-13/h2-12H,1H3,(H,23,25). The number of carbonyl (C=O) groups is 1. The lowest BCUT2D eigenvalue weighted by molar-refractivity contribution is 0.102. The molecule has 27 heavy (non-hydrogen) atoms. The van der Waals surface area contributed by atoms with Crippen LogP contribution in [0, 0.1) is 5.82 Å². The monoisotopic (exact) mass is 362 g/mol. The molecule has 6 heteroatoms. The molecule has 5 nitrogen and oxygen atoms in total. The number of amides is 1. The summed E-state index contributed by atoms with van der Waals surface area (Å²) in [6, 6.07) is 18.0. The molecule has 0 saturated carbocycles.